The largest absolute Gasteiger partial charge is 0.252 e. The minimum absolute atomic E-state index is 0.443. The number of rotatable bonds is 3. The Morgan fingerprint density at radius 2 is 2.05 bits per heavy atom. The average molecular weight is 299 g/mol. The average Bonchev–Trinajstić information content (AvgIpc) is 2.45. The van der Waals surface area contributed by atoms with Gasteiger partial charge in [0.25, 0.3) is 5.95 Å². The molecule has 0 N–H and O–H groups in total. The van der Waals surface area contributed by atoms with Crippen molar-refractivity contribution in [2.75, 3.05) is 5.01 Å². The Hall–Kier alpha value is -2.38. The molecule has 4 nitrogen and oxygen atoms in total. The van der Waals surface area contributed by atoms with E-state index in [1.807, 2.05) is 38.1 Å². The highest BCUT2D eigenvalue weighted by Gasteiger charge is 2.15. The predicted molar refractivity (Wildman–Crippen MR) is 87.1 cm³/mol. The van der Waals surface area contributed by atoms with Gasteiger partial charge in [0.15, 0.2) is 0 Å². The number of hydrogen-bond acceptors (Lipinski definition) is 4. The number of aromatic nitrogens is 2. The van der Waals surface area contributed by atoms with Crippen LogP contribution in [0.1, 0.15) is 25.2 Å². The van der Waals surface area contributed by atoms with Crippen LogP contribution in [-0.4, -0.2) is 16.2 Å². The van der Waals surface area contributed by atoms with E-state index in [1.54, 1.807) is 24.2 Å². The Balaban J connectivity index is 2.58. The zero-order valence-electron chi connectivity index (χ0n) is 12.1. The molecular formula is C16H15ClN4. The number of nitrogens with zero attached hydrogens (tertiary/aromatic N) is 4. The molecule has 0 atom stereocenters. The van der Waals surface area contributed by atoms with Crippen molar-refractivity contribution in [3.8, 4) is 11.8 Å². The fourth-order valence-corrected chi connectivity index (χ4v) is 2.02. The molecule has 5 heteroatoms. The van der Waals surface area contributed by atoms with Crippen molar-refractivity contribution in [1.29, 1.82) is 0 Å². The van der Waals surface area contributed by atoms with Gasteiger partial charge in [0.2, 0.25) is 0 Å². The summed E-state index contributed by atoms with van der Waals surface area (Å²) < 4.78 is 0. The molecule has 0 radical (unpaired) electrons. The lowest BCUT2D eigenvalue weighted by Crippen LogP contribution is -2.14. The summed E-state index contributed by atoms with van der Waals surface area (Å²) in [6.45, 7) is 5.49. The molecule has 21 heavy (non-hydrogen) atoms. The lowest BCUT2D eigenvalue weighted by Gasteiger charge is -2.18. The third kappa shape index (κ3) is 3.59. The highest BCUT2D eigenvalue weighted by molar-refractivity contribution is 6.33. The van der Waals surface area contributed by atoms with E-state index in [2.05, 4.69) is 26.9 Å². The van der Waals surface area contributed by atoms with Gasteiger partial charge in [-0.05, 0) is 44.9 Å². The van der Waals surface area contributed by atoms with Crippen LogP contribution in [0.4, 0.5) is 11.6 Å². The van der Waals surface area contributed by atoms with E-state index in [9.17, 15) is 0 Å². The summed E-state index contributed by atoms with van der Waals surface area (Å²) in [6, 6.07) is 9.26. The SMILES string of the molecule is CC#Cc1cc(C)nc(N(N=CC)c2ccccc2Cl)n1. The highest BCUT2D eigenvalue weighted by Crippen LogP contribution is 2.30. The number of hydrogen-bond donors (Lipinski definition) is 0. The molecule has 0 aliphatic carbocycles. The standard InChI is InChI=1S/C16H15ClN4/c1-4-8-13-11-12(3)19-16(20-13)21(18-5-2)15-10-7-6-9-14(15)17/h5-7,9-11H,1-3H3. The van der Waals surface area contributed by atoms with Crippen LogP contribution < -0.4 is 5.01 Å². The molecule has 1 aromatic carbocycles. The number of halogens is 1. The summed E-state index contributed by atoms with van der Waals surface area (Å²) in [6.07, 6.45) is 1.67. The molecule has 2 rings (SSSR count). The molecule has 0 aliphatic rings. The van der Waals surface area contributed by atoms with Crippen LogP contribution >= 0.6 is 11.6 Å². The molecule has 106 valence electrons. The van der Waals surface area contributed by atoms with Crippen LogP contribution in [0.2, 0.25) is 5.02 Å². The Bertz CT molecular complexity index is 729. The van der Waals surface area contributed by atoms with Gasteiger partial charge in [-0.25, -0.2) is 9.97 Å². The Morgan fingerprint density at radius 3 is 2.71 bits per heavy atom. The van der Waals surface area contributed by atoms with Crippen molar-refractivity contribution in [3.05, 3.63) is 46.7 Å². The van der Waals surface area contributed by atoms with Crippen molar-refractivity contribution < 1.29 is 0 Å². The zero-order chi connectivity index (χ0) is 15.2. The second kappa shape index (κ2) is 6.87. The first-order valence-corrected chi connectivity index (χ1v) is 6.85. The van der Waals surface area contributed by atoms with Crippen molar-refractivity contribution in [1.82, 2.24) is 9.97 Å². The van der Waals surface area contributed by atoms with Crippen molar-refractivity contribution in [2.24, 2.45) is 5.10 Å². The first-order chi connectivity index (χ1) is 10.2. The van der Waals surface area contributed by atoms with Crippen molar-refractivity contribution in [2.45, 2.75) is 20.8 Å². The normalized spacial score (nSPS) is 10.3. The lowest BCUT2D eigenvalue weighted by atomic mass is 10.3. The molecule has 1 aromatic heterocycles. The maximum absolute atomic E-state index is 6.25. The summed E-state index contributed by atoms with van der Waals surface area (Å²) >= 11 is 6.25. The van der Waals surface area contributed by atoms with Gasteiger partial charge in [0, 0.05) is 11.9 Å². The first kappa shape index (κ1) is 15.0. The molecule has 0 unspecified atom stereocenters. The minimum atomic E-state index is 0.443. The van der Waals surface area contributed by atoms with Gasteiger partial charge in [-0.2, -0.15) is 10.1 Å². The predicted octanol–water partition coefficient (Wildman–Crippen LogP) is 3.95. The van der Waals surface area contributed by atoms with Crippen LogP contribution in [0.25, 0.3) is 0 Å². The zero-order valence-corrected chi connectivity index (χ0v) is 12.9. The van der Waals surface area contributed by atoms with E-state index < -0.39 is 0 Å². The molecule has 0 saturated heterocycles. The summed E-state index contributed by atoms with van der Waals surface area (Å²) in [5, 5.41) is 6.51. The summed E-state index contributed by atoms with van der Waals surface area (Å²) in [4.78, 5) is 8.86. The van der Waals surface area contributed by atoms with Gasteiger partial charge in [-0.15, -0.1) is 0 Å². The van der Waals surface area contributed by atoms with E-state index in [0.29, 0.717) is 16.7 Å². The van der Waals surface area contributed by atoms with Crippen LogP contribution in [0.15, 0.2) is 35.4 Å². The van der Waals surface area contributed by atoms with E-state index in [1.165, 1.54) is 0 Å². The number of benzene rings is 1. The summed E-state index contributed by atoms with van der Waals surface area (Å²) in [7, 11) is 0. The van der Waals surface area contributed by atoms with E-state index in [4.69, 9.17) is 11.6 Å². The van der Waals surface area contributed by atoms with Gasteiger partial charge >= 0.3 is 0 Å². The maximum atomic E-state index is 6.25. The second-order valence-electron chi connectivity index (χ2n) is 4.21. The Morgan fingerprint density at radius 1 is 1.29 bits per heavy atom. The first-order valence-electron chi connectivity index (χ1n) is 6.47. The van der Waals surface area contributed by atoms with E-state index in [-0.39, 0.29) is 0 Å². The van der Waals surface area contributed by atoms with Crippen LogP contribution in [-0.2, 0) is 0 Å². The van der Waals surface area contributed by atoms with Gasteiger partial charge in [0.05, 0.1) is 10.7 Å². The topological polar surface area (TPSA) is 41.4 Å². The van der Waals surface area contributed by atoms with Gasteiger partial charge in [-0.1, -0.05) is 29.7 Å². The monoisotopic (exact) mass is 298 g/mol. The third-order valence-corrected chi connectivity index (χ3v) is 2.92. The lowest BCUT2D eigenvalue weighted by molar-refractivity contribution is 0.958. The van der Waals surface area contributed by atoms with Crippen LogP contribution in [0.3, 0.4) is 0 Å². The number of anilines is 2. The molecule has 0 fully saturated rings. The molecule has 1 heterocycles. The van der Waals surface area contributed by atoms with Crippen molar-refractivity contribution >= 4 is 29.5 Å². The van der Waals surface area contributed by atoms with Crippen LogP contribution in [0.5, 0.6) is 0 Å². The number of aryl methyl sites for hydroxylation is 1. The fraction of sp³-hybridized carbons (Fsp3) is 0.188. The Labute approximate surface area is 129 Å². The number of hydrazone groups is 1. The Kier molecular flexibility index (Phi) is 4.91. The van der Waals surface area contributed by atoms with Gasteiger partial charge in [-0.3, -0.25) is 0 Å². The van der Waals surface area contributed by atoms with Gasteiger partial charge < -0.3 is 0 Å². The van der Waals surface area contributed by atoms with Crippen LogP contribution in [0, 0.1) is 18.8 Å². The van der Waals surface area contributed by atoms with E-state index >= 15 is 0 Å². The molecule has 2 aromatic rings. The van der Waals surface area contributed by atoms with E-state index in [0.717, 1.165) is 11.4 Å². The van der Waals surface area contributed by atoms with Gasteiger partial charge in [0.1, 0.15) is 5.69 Å². The van der Waals surface area contributed by atoms with Crippen molar-refractivity contribution in [3.63, 3.8) is 0 Å². The fourth-order valence-electron chi connectivity index (χ4n) is 1.80. The molecule has 0 aliphatic heterocycles. The molecular weight excluding hydrogens is 284 g/mol. The molecule has 0 bridgehead atoms. The minimum Gasteiger partial charge on any atom is -0.216 e. The second-order valence-corrected chi connectivity index (χ2v) is 4.61. The molecule has 0 spiro atoms. The summed E-state index contributed by atoms with van der Waals surface area (Å²) in [5.41, 5.74) is 2.20. The molecule has 0 amide bonds. The maximum Gasteiger partial charge on any atom is 0.252 e. The quantitative estimate of drug-likeness (QED) is 0.489. The number of para-hydroxylation sites is 1. The molecule has 0 saturated carbocycles. The smallest absolute Gasteiger partial charge is 0.216 e. The third-order valence-electron chi connectivity index (χ3n) is 2.60. The highest BCUT2D eigenvalue weighted by atomic mass is 35.5. The summed E-state index contributed by atoms with van der Waals surface area (Å²) in [5.74, 6) is 6.22.